The molecule has 2 atom stereocenters. The molecule has 0 aromatic rings. The SMILES string of the molecule is C.C=CC[C@@H](O)[C@H](CCC)C(C)C. The second kappa shape index (κ2) is 8.31. The average Bonchev–Trinajstić information content (AvgIpc) is 1.99. The van der Waals surface area contributed by atoms with E-state index >= 15 is 0 Å². The normalized spacial score (nSPS) is 14.8. The van der Waals surface area contributed by atoms with Crippen molar-refractivity contribution in [1.82, 2.24) is 0 Å². The maximum absolute atomic E-state index is 9.74. The molecule has 0 aliphatic carbocycles. The van der Waals surface area contributed by atoms with Gasteiger partial charge in [0.2, 0.25) is 0 Å². The maximum Gasteiger partial charge on any atom is 0.0605 e. The van der Waals surface area contributed by atoms with Gasteiger partial charge in [-0.25, -0.2) is 0 Å². The van der Waals surface area contributed by atoms with Crippen molar-refractivity contribution in [3.8, 4) is 0 Å². The van der Waals surface area contributed by atoms with Crippen LogP contribution in [0.15, 0.2) is 12.7 Å². The fourth-order valence-electron chi connectivity index (χ4n) is 1.65. The smallest absolute Gasteiger partial charge is 0.0605 e. The highest BCUT2D eigenvalue weighted by atomic mass is 16.3. The monoisotopic (exact) mass is 186 g/mol. The van der Waals surface area contributed by atoms with Gasteiger partial charge in [0, 0.05) is 0 Å². The Morgan fingerprint density at radius 3 is 2.23 bits per heavy atom. The second-order valence-corrected chi connectivity index (χ2v) is 3.79. The Morgan fingerprint density at radius 2 is 1.92 bits per heavy atom. The third kappa shape index (κ3) is 5.87. The zero-order valence-corrected chi connectivity index (χ0v) is 8.59. The van der Waals surface area contributed by atoms with Crippen molar-refractivity contribution in [2.75, 3.05) is 0 Å². The molecule has 0 saturated carbocycles. The molecule has 0 aromatic carbocycles. The minimum absolute atomic E-state index is 0. The van der Waals surface area contributed by atoms with Crippen LogP contribution in [0.25, 0.3) is 0 Å². The molecule has 1 nitrogen and oxygen atoms in total. The topological polar surface area (TPSA) is 20.2 Å². The molecule has 80 valence electrons. The van der Waals surface area contributed by atoms with Gasteiger partial charge in [0.1, 0.15) is 0 Å². The van der Waals surface area contributed by atoms with Crippen LogP contribution >= 0.6 is 0 Å². The number of aliphatic hydroxyl groups is 1. The van der Waals surface area contributed by atoms with Gasteiger partial charge in [-0.1, -0.05) is 40.7 Å². The van der Waals surface area contributed by atoms with Crippen LogP contribution in [0.3, 0.4) is 0 Å². The predicted octanol–water partition coefficient (Wildman–Crippen LogP) is 3.63. The molecule has 13 heavy (non-hydrogen) atoms. The van der Waals surface area contributed by atoms with Crippen LogP contribution < -0.4 is 0 Å². The lowest BCUT2D eigenvalue weighted by Gasteiger charge is -2.25. The largest absolute Gasteiger partial charge is 0.393 e. The minimum atomic E-state index is -0.192. The van der Waals surface area contributed by atoms with Gasteiger partial charge in [0.15, 0.2) is 0 Å². The maximum atomic E-state index is 9.74. The van der Waals surface area contributed by atoms with E-state index in [2.05, 4.69) is 27.4 Å². The van der Waals surface area contributed by atoms with Gasteiger partial charge in [-0.2, -0.15) is 0 Å². The Kier molecular flexibility index (Phi) is 9.70. The molecular formula is C12H26O. The standard InChI is InChI=1S/C11H22O.CH4/c1-5-7-10(9(3)4)11(12)8-6-2;/h6,9-12H,2,5,7-8H2,1,3-4H3;1H4/t10-,11-;/m1./s1. The van der Waals surface area contributed by atoms with Crippen molar-refractivity contribution in [3.63, 3.8) is 0 Å². The van der Waals surface area contributed by atoms with E-state index in [1.165, 1.54) is 0 Å². The third-order valence-corrected chi connectivity index (χ3v) is 2.38. The lowest BCUT2D eigenvalue weighted by molar-refractivity contribution is 0.0780. The van der Waals surface area contributed by atoms with Gasteiger partial charge >= 0.3 is 0 Å². The Labute approximate surface area is 83.9 Å². The number of rotatable bonds is 6. The number of hydrogen-bond donors (Lipinski definition) is 1. The molecule has 0 aliphatic heterocycles. The van der Waals surface area contributed by atoms with Crippen LogP contribution in [-0.4, -0.2) is 11.2 Å². The van der Waals surface area contributed by atoms with Crippen LogP contribution in [-0.2, 0) is 0 Å². The summed E-state index contributed by atoms with van der Waals surface area (Å²) in [5, 5.41) is 9.74. The average molecular weight is 186 g/mol. The van der Waals surface area contributed by atoms with Crippen molar-refractivity contribution >= 4 is 0 Å². The molecular weight excluding hydrogens is 160 g/mol. The van der Waals surface area contributed by atoms with Gasteiger partial charge < -0.3 is 5.11 Å². The van der Waals surface area contributed by atoms with Crippen molar-refractivity contribution in [1.29, 1.82) is 0 Å². The molecule has 0 fully saturated rings. The summed E-state index contributed by atoms with van der Waals surface area (Å²) in [5.41, 5.74) is 0. The quantitative estimate of drug-likeness (QED) is 0.628. The highest BCUT2D eigenvalue weighted by Gasteiger charge is 2.20. The summed E-state index contributed by atoms with van der Waals surface area (Å²) in [6.45, 7) is 10.2. The molecule has 0 radical (unpaired) electrons. The zero-order valence-electron chi connectivity index (χ0n) is 8.59. The first kappa shape index (κ1) is 15.2. The van der Waals surface area contributed by atoms with E-state index in [1.807, 2.05) is 0 Å². The van der Waals surface area contributed by atoms with Crippen LogP contribution in [0.2, 0.25) is 0 Å². The molecule has 0 unspecified atom stereocenters. The van der Waals surface area contributed by atoms with Gasteiger partial charge in [-0.3, -0.25) is 0 Å². The fourth-order valence-corrected chi connectivity index (χ4v) is 1.65. The van der Waals surface area contributed by atoms with Crippen LogP contribution in [0.4, 0.5) is 0 Å². The summed E-state index contributed by atoms with van der Waals surface area (Å²) in [5.74, 6) is 1.01. The Morgan fingerprint density at radius 1 is 1.38 bits per heavy atom. The van der Waals surface area contributed by atoms with E-state index in [0.717, 1.165) is 19.3 Å². The van der Waals surface area contributed by atoms with Crippen molar-refractivity contribution in [2.24, 2.45) is 11.8 Å². The van der Waals surface area contributed by atoms with Crippen molar-refractivity contribution in [2.45, 2.75) is 53.6 Å². The van der Waals surface area contributed by atoms with Gasteiger partial charge in [-0.05, 0) is 24.7 Å². The molecule has 1 N–H and O–H groups in total. The van der Waals surface area contributed by atoms with Crippen LogP contribution in [0.5, 0.6) is 0 Å². The fraction of sp³-hybridized carbons (Fsp3) is 0.833. The van der Waals surface area contributed by atoms with E-state index in [9.17, 15) is 5.11 Å². The first-order valence-corrected chi connectivity index (χ1v) is 4.92. The third-order valence-electron chi connectivity index (χ3n) is 2.38. The molecule has 0 spiro atoms. The van der Waals surface area contributed by atoms with Gasteiger partial charge in [0.05, 0.1) is 6.10 Å². The van der Waals surface area contributed by atoms with E-state index in [1.54, 1.807) is 6.08 Å². The Balaban J connectivity index is 0. The summed E-state index contributed by atoms with van der Waals surface area (Å²) < 4.78 is 0. The highest BCUT2D eigenvalue weighted by Crippen LogP contribution is 2.22. The summed E-state index contributed by atoms with van der Waals surface area (Å²) in [7, 11) is 0. The molecule has 0 rings (SSSR count). The molecule has 0 heterocycles. The van der Waals surface area contributed by atoms with E-state index < -0.39 is 0 Å². The summed E-state index contributed by atoms with van der Waals surface area (Å²) in [6, 6.07) is 0. The molecule has 0 saturated heterocycles. The second-order valence-electron chi connectivity index (χ2n) is 3.79. The first-order valence-electron chi connectivity index (χ1n) is 4.92. The van der Waals surface area contributed by atoms with Crippen LogP contribution in [0.1, 0.15) is 47.5 Å². The predicted molar refractivity (Wildman–Crippen MR) is 60.8 cm³/mol. The Bertz CT molecular complexity index is 118. The molecule has 0 amide bonds. The summed E-state index contributed by atoms with van der Waals surface area (Å²) in [4.78, 5) is 0. The summed E-state index contributed by atoms with van der Waals surface area (Å²) in [6.07, 6.45) is 4.60. The number of aliphatic hydroxyl groups excluding tert-OH is 1. The molecule has 0 aliphatic rings. The number of hydrogen-bond acceptors (Lipinski definition) is 1. The molecule has 0 aromatic heterocycles. The molecule has 1 heteroatoms. The van der Waals surface area contributed by atoms with Crippen LogP contribution in [0, 0.1) is 11.8 Å². The zero-order chi connectivity index (χ0) is 9.56. The van der Waals surface area contributed by atoms with E-state index in [-0.39, 0.29) is 13.5 Å². The van der Waals surface area contributed by atoms with E-state index in [4.69, 9.17) is 0 Å². The summed E-state index contributed by atoms with van der Waals surface area (Å²) >= 11 is 0. The lowest BCUT2D eigenvalue weighted by Crippen LogP contribution is -2.24. The van der Waals surface area contributed by atoms with Gasteiger partial charge in [-0.15, -0.1) is 6.58 Å². The Hall–Kier alpha value is -0.300. The van der Waals surface area contributed by atoms with Crippen molar-refractivity contribution < 1.29 is 5.11 Å². The van der Waals surface area contributed by atoms with Gasteiger partial charge in [0.25, 0.3) is 0 Å². The van der Waals surface area contributed by atoms with Crippen molar-refractivity contribution in [3.05, 3.63) is 12.7 Å². The minimum Gasteiger partial charge on any atom is -0.393 e. The lowest BCUT2D eigenvalue weighted by atomic mass is 9.85. The highest BCUT2D eigenvalue weighted by molar-refractivity contribution is 4.79. The van der Waals surface area contributed by atoms with E-state index in [0.29, 0.717) is 11.8 Å². The first-order chi connectivity index (χ1) is 5.63. The molecule has 0 bridgehead atoms.